The quantitative estimate of drug-likeness (QED) is 0.397. The Labute approximate surface area is 221 Å². The molecule has 1 aromatic rings. The number of hydrogen-bond donors (Lipinski definition) is 1. The number of nitrogens with one attached hydrogen (secondary N) is 1. The Bertz CT molecular complexity index is 686. The fourth-order valence-electron chi connectivity index (χ4n) is 3.56. The van der Waals surface area contributed by atoms with Gasteiger partial charge in [0.1, 0.15) is 0 Å². The number of rotatable bonds is 6. The van der Waals surface area contributed by atoms with Gasteiger partial charge >= 0.3 is 0 Å². The first-order valence-corrected chi connectivity index (χ1v) is 14.3. The van der Waals surface area contributed by atoms with E-state index in [1.165, 1.54) is 54.4 Å². The molecule has 0 radical (unpaired) electrons. The second kappa shape index (κ2) is 25.2. The molecule has 1 heterocycles. The number of benzene rings is 1. The normalized spacial score (nSPS) is 15.5. The molecule has 1 aliphatic heterocycles. The van der Waals surface area contributed by atoms with Gasteiger partial charge < -0.3 is 5.32 Å². The van der Waals surface area contributed by atoms with Crippen molar-refractivity contribution in [1.82, 2.24) is 5.32 Å². The molecule has 0 amide bonds. The first-order chi connectivity index (χ1) is 16.8. The summed E-state index contributed by atoms with van der Waals surface area (Å²) in [4.78, 5) is 0. The summed E-state index contributed by atoms with van der Waals surface area (Å²) in [7, 11) is 0. The van der Waals surface area contributed by atoms with Crippen LogP contribution in [0.3, 0.4) is 0 Å². The molecule has 1 nitrogen and oxygen atoms in total. The molecule has 0 aromatic heterocycles. The largest absolute Gasteiger partial charge is 0.310 e. The molecule has 1 saturated carbocycles. The van der Waals surface area contributed by atoms with Crippen molar-refractivity contribution in [2.45, 2.75) is 127 Å². The van der Waals surface area contributed by atoms with Gasteiger partial charge in [0.05, 0.1) is 0 Å². The third-order valence-corrected chi connectivity index (χ3v) is 5.51. The maximum absolute atomic E-state index is 4.22. The molecule has 0 spiro atoms. The van der Waals surface area contributed by atoms with E-state index in [-0.39, 0.29) is 0 Å². The van der Waals surface area contributed by atoms with E-state index in [0.717, 1.165) is 24.5 Å². The lowest BCUT2D eigenvalue weighted by Gasteiger charge is -2.29. The Morgan fingerprint density at radius 3 is 1.80 bits per heavy atom. The minimum atomic E-state index is 0.558. The van der Waals surface area contributed by atoms with Crippen molar-refractivity contribution in [3.05, 3.63) is 83.5 Å². The lowest BCUT2D eigenvalue weighted by Crippen LogP contribution is -2.36. The molecular formula is C34H61N. The van der Waals surface area contributed by atoms with Crippen LogP contribution in [0.5, 0.6) is 0 Å². The third kappa shape index (κ3) is 18.1. The monoisotopic (exact) mass is 483 g/mol. The third-order valence-electron chi connectivity index (χ3n) is 5.51. The molecule has 1 aromatic carbocycles. The fraction of sp³-hybridized carbons (Fsp3) is 0.588. The van der Waals surface area contributed by atoms with Gasteiger partial charge in [-0.2, -0.15) is 0 Å². The molecule has 2 aliphatic rings. The summed E-state index contributed by atoms with van der Waals surface area (Å²) in [6.07, 6.45) is 9.24. The molecule has 202 valence electrons. The van der Waals surface area contributed by atoms with Crippen LogP contribution in [0.15, 0.2) is 72.4 Å². The van der Waals surface area contributed by atoms with Crippen LogP contribution in [0.2, 0.25) is 0 Å². The Morgan fingerprint density at radius 2 is 1.43 bits per heavy atom. The highest BCUT2D eigenvalue weighted by atomic mass is 14.9. The topological polar surface area (TPSA) is 12.0 Å². The summed E-state index contributed by atoms with van der Waals surface area (Å²) in [5, 5.41) is 3.57. The average Bonchev–Trinajstić information content (AvgIpc) is 3.74. The summed E-state index contributed by atoms with van der Waals surface area (Å²) < 4.78 is 0. The van der Waals surface area contributed by atoms with E-state index in [0.29, 0.717) is 6.04 Å². The van der Waals surface area contributed by atoms with Gasteiger partial charge in [-0.3, -0.25) is 0 Å². The minimum Gasteiger partial charge on any atom is -0.310 e. The average molecular weight is 484 g/mol. The van der Waals surface area contributed by atoms with E-state index in [1.807, 2.05) is 48.5 Å². The maximum atomic E-state index is 4.22. The molecule has 1 unspecified atom stereocenters. The Balaban J connectivity index is -0.000000426. The highest BCUT2D eigenvalue weighted by molar-refractivity contribution is 5.38. The van der Waals surface area contributed by atoms with Crippen LogP contribution in [0.25, 0.3) is 0 Å². The number of allylic oxidation sites excluding steroid dienone is 2. The van der Waals surface area contributed by atoms with Crippen LogP contribution in [0, 0.1) is 6.92 Å². The smallest absolute Gasteiger partial charge is 0.0319 e. The van der Waals surface area contributed by atoms with E-state index >= 15 is 0 Å². The van der Waals surface area contributed by atoms with Gasteiger partial charge in [-0.1, -0.05) is 134 Å². The maximum Gasteiger partial charge on any atom is 0.0319 e. The van der Waals surface area contributed by atoms with Crippen molar-refractivity contribution < 1.29 is 0 Å². The Morgan fingerprint density at radius 1 is 0.943 bits per heavy atom. The first kappa shape index (κ1) is 37.7. The zero-order valence-electron chi connectivity index (χ0n) is 25.6. The van der Waals surface area contributed by atoms with Crippen molar-refractivity contribution >= 4 is 0 Å². The van der Waals surface area contributed by atoms with Crippen LogP contribution >= 0.6 is 0 Å². The zero-order chi connectivity index (χ0) is 27.8. The molecular weight excluding hydrogens is 422 g/mol. The summed E-state index contributed by atoms with van der Waals surface area (Å²) in [5.74, 6) is 0.903. The van der Waals surface area contributed by atoms with Gasteiger partial charge in [-0.05, 0) is 76.5 Å². The van der Waals surface area contributed by atoms with Gasteiger partial charge in [-0.25, -0.2) is 0 Å². The van der Waals surface area contributed by atoms with E-state index < -0.39 is 0 Å². The van der Waals surface area contributed by atoms with Gasteiger partial charge in [0, 0.05) is 6.04 Å². The van der Waals surface area contributed by atoms with Crippen molar-refractivity contribution in [3.63, 3.8) is 0 Å². The zero-order valence-corrected chi connectivity index (χ0v) is 25.6. The van der Waals surface area contributed by atoms with Crippen LogP contribution in [0.1, 0.15) is 125 Å². The van der Waals surface area contributed by atoms with Gasteiger partial charge in [-0.15, -0.1) is 0 Å². The standard InChI is InChI=1S/C13H23N.C10H12.C5H8.3C2H6/c1-5-7-10(3)13-11(4)8-9-14-12(13)6-2;1-8-2-4-9(5-3-8)10-6-7-10;1-4-5(2)3;3*1-2/h12,14H,3,5-9H2,1-2,4H3;2-5,10H,6-7H2,1H3;4H,1-2H2,3H3;3*1-2H3. The van der Waals surface area contributed by atoms with E-state index in [2.05, 4.69) is 77.0 Å². The molecule has 1 aliphatic carbocycles. The highest BCUT2D eigenvalue weighted by Gasteiger charge is 2.22. The summed E-state index contributed by atoms with van der Waals surface area (Å²) >= 11 is 0. The van der Waals surface area contributed by atoms with Crippen molar-refractivity contribution in [2.24, 2.45) is 0 Å². The van der Waals surface area contributed by atoms with Crippen LogP contribution < -0.4 is 5.32 Å². The van der Waals surface area contributed by atoms with Gasteiger partial charge in [0.15, 0.2) is 0 Å². The van der Waals surface area contributed by atoms with Crippen molar-refractivity contribution in [2.75, 3.05) is 6.54 Å². The predicted molar refractivity (Wildman–Crippen MR) is 166 cm³/mol. The molecule has 0 bridgehead atoms. The minimum absolute atomic E-state index is 0.558. The second-order valence-corrected chi connectivity index (χ2v) is 8.45. The SMILES string of the molecule is C=C(CCC)C1=C(C)CCNC1CC.C=CC(=C)C.CC.CC.CC.Cc1ccc(C2CC2)cc1. The second-order valence-electron chi connectivity index (χ2n) is 8.45. The van der Waals surface area contributed by atoms with E-state index in [1.54, 1.807) is 11.6 Å². The molecule has 1 N–H and O–H groups in total. The summed E-state index contributed by atoms with van der Waals surface area (Å²) in [6, 6.07) is 9.48. The van der Waals surface area contributed by atoms with E-state index in [9.17, 15) is 0 Å². The molecule has 0 saturated heterocycles. The number of aryl methyl sites for hydroxylation is 1. The van der Waals surface area contributed by atoms with Crippen molar-refractivity contribution in [3.8, 4) is 0 Å². The van der Waals surface area contributed by atoms with Gasteiger partial charge in [0.2, 0.25) is 0 Å². The Hall–Kier alpha value is -1.86. The highest BCUT2D eigenvalue weighted by Crippen LogP contribution is 2.39. The first-order valence-electron chi connectivity index (χ1n) is 14.3. The van der Waals surface area contributed by atoms with Crippen LogP contribution in [0.4, 0.5) is 0 Å². The molecule has 1 atom stereocenters. The fourth-order valence-corrected chi connectivity index (χ4v) is 3.56. The van der Waals surface area contributed by atoms with Crippen LogP contribution in [-0.2, 0) is 0 Å². The summed E-state index contributed by atoms with van der Waals surface area (Å²) in [5.41, 5.74) is 8.33. The Kier molecular flexibility index (Phi) is 27.2. The van der Waals surface area contributed by atoms with E-state index in [4.69, 9.17) is 0 Å². The van der Waals surface area contributed by atoms with Crippen LogP contribution in [-0.4, -0.2) is 12.6 Å². The summed E-state index contributed by atoms with van der Waals surface area (Å²) in [6.45, 7) is 35.1. The lowest BCUT2D eigenvalue weighted by atomic mass is 9.87. The van der Waals surface area contributed by atoms with Gasteiger partial charge in [0.25, 0.3) is 0 Å². The van der Waals surface area contributed by atoms with Crippen molar-refractivity contribution in [1.29, 1.82) is 0 Å². The predicted octanol–water partition coefficient (Wildman–Crippen LogP) is 11.1. The molecule has 35 heavy (non-hydrogen) atoms. The molecule has 1 fully saturated rings. The molecule has 1 heteroatoms. The lowest BCUT2D eigenvalue weighted by molar-refractivity contribution is 0.523. The molecule has 3 rings (SSSR count). The number of hydrogen-bond acceptors (Lipinski definition) is 1.